The van der Waals surface area contributed by atoms with Crippen molar-refractivity contribution in [1.29, 1.82) is 0 Å². The summed E-state index contributed by atoms with van der Waals surface area (Å²) in [6.45, 7) is 0.961. The van der Waals surface area contributed by atoms with E-state index in [0.29, 0.717) is 30.7 Å². The van der Waals surface area contributed by atoms with Crippen molar-refractivity contribution in [2.75, 3.05) is 6.61 Å². The molecule has 0 fully saturated rings. The van der Waals surface area contributed by atoms with E-state index in [-0.39, 0.29) is 12.4 Å². The third-order valence-electron chi connectivity index (χ3n) is 3.45. The van der Waals surface area contributed by atoms with Gasteiger partial charge in [0.2, 0.25) is 0 Å². The molecule has 22 heavy (non-hydrogen) atoms. The van der Waals surface area contributed by atoms with Gasteiger partial charge in [0.25, 0.3) is 0 Å². The topological polar surface area (TPSA) is 64.6 Å². The Bertz CT molecular complexity index is 804. The van der Waals surface area contributed by atoms with Gasteiger partial charge in [0, 0.05) is 6.54 Å². The van der Waals surface area contributed by atoms with Crippen LogP contribution in [0.15, 0.2) is 57.7 Å². The Kier molecular flexibility index (Phi) is 4.25. The molecule has 0 aliphatic rings. The molecule has 0 radical (unpaired) electrons. The number of aryl methyl sites for hydroxylation is 1. The highest BCUT2D eigenvalue weighted by atomic mass is 16.5. The number of hydrogen-bond donors (Lipinski definition) is 1. The molecule has 0 atom stereocenters. The quantitative estimate of drug-likeness (QED) is 0.710. The first-order chi connectivity index (χ1) is 10.8. The molecule has 1 N–H and O–H groups in total. The monoisotopic (exact) mass is 299 g/mol. The van der Waals surface area contributed by atoms with Crippen molar-refractivity contribution in [3.8, 4) is 5.75 Å². The minimum atomic E-state index is -0.384. The standard InChI is InChI=1S/C17H17NO4/c19-12-13-7-8-16-15(11-13)18(17(20)22-16)9-4-10-21-14-5-2-1-3-6-14/h1-3,5-8,11,19H,4,9-10,12H2. The number of ether oxygens (including phenoxy) is 1. The van der Waals surface area contributed by atoms with Gasteiger partial charge >= 0.3 is 5.76 Å². The summed E-state index contributed by atoms with van der Waals surface area (Å²) in [6, 6.07) is 14.8. The summed E-state index contributed by atoms with van der Waals surface area (Å²) in [5.74, 6) is 0.430. The van der Waals surface area contributed by atoms with Crippen LogP contribution in [0.5, 0.6) is 5.75 Å². The van der Waals surface area contributed by atoms with E-state index in [9.17, 15) is 9.90 Å². The summed E-state index contributed by atoms with van der Waals surface area (Å²) in [6.07, 6.45) is 0.687. The molecular weight excluding hydrogens is 282 g/mol. The number of aromatic nitrogens is 1. The molecule has 0 aliphatic heterocycles. The van der Waals surface area contributed by atoms with Crippen molar-refractivity contribution in [2.24, 2.45) is 0 Å². The molecule has 0 saturated carbocycles. The number of aliphatic hydroxyl groups is 1. The average Bonchev–Trinajstić information content (AvgIpc) is 2.87. The number of rotatable bonds is 6. The van der Waals surface area contributed by atoms with Gasteiger partial charge in [-0.2, -0.15) is 0 Å². The van der Waals surface area contributed by atoms with Gasteiger partial charge in [-0.15, -0.1) is 0 Å². The van der Waals surface area contributed by atoms with E-state index >= 15 is 0 Å². The predicted octanol–water partition coefficient (Wildman–Crippen LogP) is 2.56. The summed E-state index contributed by atoms with van der Waals surface area (Å²) in [4.78, 5) is 11.9. The number of para-hydroxylation sites is 1. The zero-order valence-electron chi connectivity index (χ0n) is 12.1. The number of fused-ring (bicyclic) bond motifs is 1. The lowest BCUT2D eigenvalue weighted by Crippen LogP contribution is -2.16. The van der Waals surface area contributed by atoms with E-state index in [4.69, 9.17) is 9.15 Å². The number of aliphatic hydroxyl groups excluding tert-OH is 1. The van der Waals surface area contributed by atoms with Crippen LogP contribution < -0.4 is 10.5 Å². The second-order valence-electron chi connectivity index (χ2n) is 4.99. The molecule has 5 heteroatoms. The summed E-state index contributed by atoms with van der Waals surface area (Å²) < 4.78 is 12.4. The lowest BCUT2D eigenvalue weighted by atomic mass is 10.2. The molecule has 1 aromatic heterocycles. The van der Waals surface area contributed by atoms with Crippen LogP contribution in [0, 0.1) is 0 Å². The smallest absolute Gasteiger partial charge is 0.419 e. The maximum absolute atomic E-state index is 11.9. The molecule has 0 unspecified atom stereocenters. The number of hydrogen-bond acceptors (Lipinski definition) is 4. The van der Waals surface area contributed by atoms with E-state index in [1.54, 1.807) is 22.8 Å². The largest absolute Gasteiger partial charge is 0.494 e. The summed E-state index contributed by atoms with van der Waals surface area (Å²) >= 11 is 0. The second kappa shape index (κ2) is 6.49. The fourth-order valence-corrected chi connectivity index (χ4v) is 2.35. The minimum Gasteiger partial charge on any atom is -0.494 e. The lowest BCUT2D eigenvalue weighted by Gasteiger charge is -2.06. The van der Waals surface area contributed by atoms with Gasteiger partial charge in [0.05, 0.1) is 18.7 Å². The van der Waals surface area contributed by atoms with Crippen LogP contribution in [-0.2, 0) is 13.2 Å². The van der Waals surface area contributed by atoms with Crippen LogP contribution in [0.3, 0.4) is 0 Å². The third kappa shape index (κ3) is 3.04. The molecule has 114 valence electrons. The predicted molar refractivity (Wildman–Crippen MR) is 83.0 cm³/mol. The molecule has 2 aromatic carbocycles. The molecule has 3 aromatic rings. The van der Waals surface area contributed by atoms with Gasteiger partial charge in [-0.05, 0) is 36.2 Å². The van der Waals surface area contributed by atoms with E-state index in [1.807, 2.05) is 30.3 Å². The SMILES string of the molecule is O=c1oc2ccc(CO)cc2n1CCCOc1ccccc1. The maximum atomic E-state index is 11.9. The first-order valence-electron chi connectivity index (χ1n) is 7.19. The molecule has 0 amide bonds. The van der Waals surface area contributed by atoms with Gasteiger partial charge in [-0.1, -0.05) is 24.3 Å². The fraction of sp³-hybridized carbons (Fsp3) is 0.235. The number of nitrogens with zero attached hydrogens (tertiary/aromatic N) is 1. The Morgan fingerprint density at radius 2 is 1.95 bits per heavy atom. The Morgan fingerprint density at radius 3 is 2.73 bits per heavy atom. The number of oxazole rings is 1. The van der Waals surface area contributed by atoms with Crippen molar-refractivity contribution in [2.45, 2.75) is 19.6 Å². The summed E-state index contributed by atoms with van der Waals surface area (Å²) in [5.41, 5.74) is 1.99. The van der Waals surface area contributed by atoms with Crippen LogP contribution in [0.2, 0.25) is 0 Å². The molecule has 0 bridgehead atoms. The normalized spacial score (nSPS) is 11.0. The average molecular weight is 299 g/mol. The Morgan fingerprint density at radius 1 is 1.14 bits per heavy atom. The molecule has 1 heterocycles. The molecular formula is C17H17NO4. The van der Waals surface area contributed by atoms with Crippen LogP contribution in [-0.4, -0.2) is 16.3 Å². The van der Waals surface area contributed by atoms with Crippen LogP contribution >= 0.6 is 0 Å². The van der Waals surface area contributed by atoms with Gasteiger partial charge in [-0.25, -0.2) is 4.79 Å². The van der Waals surface area contributed by atoms with E-state index in [2.05, 4.69) is 0 Å². The van der Waals surface area contributed by atoms with Crippen molar-refractivity contribution in [3.05, 3.63) is 64.6 Å². The van der Waals surface area contributed by atoms with Crippen LogP contribution in [0.25, 0.3) is 11.1 Å². The Labute approximate surface area is 127 Å². The minimum absolute atomic E-state index is 0.0631. The first-order valence-corrected chi connectivity index (χ1v) is 7.19. The molecule has 5 nitrogen and oxygen atoms in total. The zero-order chi connectivity index (χ0) is 15.4. The van der Waals surface area contributed by atoms with Crippen molar-refractivity contribution in [3.63, 3.8) is 0 Å². The molecule has 0 saturated heterocycles. The molecule has 0 spiro atoms. The van der Waals surface area contributed by atoms with Gasteiger partial charge in [0.15, 0.2) is 5.58 Å². The zero-order valence-corrected chi connectivity index (χ0v) is 12.1. The summed E-state index contributed by atoms with van der Waals surface area (Å²) in [5, 5.41) is 9.20. The highest BCUT2D eigenvalue weighted by Gasteiger charge is 2.09. The van der Waals surface area contributed by atoms with E-state index in [0.717, 1.165) is 11.3 Å². The van der Waals surface area contributed by atoms with E-state index in [1.165, 1.54) is 0 Å². The van der Waals surface area contributed by atoms with E-state index < -0.39 is 0 Å². The third-order valence-corrected chi connectivity index (χ3v) is 3.45. The van der Waals surface area contributed by atoms with Crippen LogP contribution in [0.4, 0.5) is 0 Å². The first kappa shape index (κ1) is 14.4. The Balaban J connectivity index is 1.68. The van der Waals surface area contributed by atoms with Crippen molar-refractivity contribution >= 4 is 11.1 Å². The fourth-order valence-electron chi connectivity index (χ4n) is 2.35. The summed E-state index contributed by atoms with van der Waals surface area (Å²) in [7, 11) is 0. The van der Waals surface area contributed by atoms with Gasteiger partial charge in [-0.3, -0.25) is 4.57 Å². The highest BCUT2D eigenvalue weighted by Crippen LogP contribution is 2.16. The highest BCUT2D eigenvalue weighted by molar-refractivity contribution is 5.73. The van der Waals surface area contributed by atoms with Crippen LogP contribution in [0.1, 0.15) is 12.0 Å². The van der Waals surface area contributed by atoms with Crippen molar-refractivity contribution < 1.29 is 14.3 Å². The van der Waals surface area contributed by atoms with Crippen molar-refractivity contribution in [1.82, 2.24) is 4.57 Å². The lowest BCUT2D eigenvalue weighted by molar-refractivity contribution is 0.282. The number of benzene rings is 2. The Hall–Kier alpha value is -2.53. The molecule has 3 rings (SSSR count). The van der Waals surface area contributed by atoms with Gasteiger partial charge in [0.1, 0.15) is 5.75 Å². The second-order valence-corrected chi connectivity index (χ2v) is 4.99. The van der Waals surface area contributed by atoms with Gasteiger partial charge < -0.3 is 14.3 Å². The maximum Gasteiger partial charge on any atom is 0.419 e. The molecule has 0 aliphatic carbocycles.